The van der Waals surface area contributed by atoms with E-state index in [0.717, 1.165) is 58.1 Å². The molecule has 2 saturated heterocycles. The van der Waals surface area contributed by atoms with Gasteiger partial charge in [0.2, 0.25) is 5.91 Å². The van der Waals surface area contributed by atoms with Crippen LogP contribution < -0.4 is 4.90 Å². The molecule has 2 fully saturated rings. The van der Waals surface area contributed by atoms with Gasteiger partial charge in [-0.3, -0.25) is 4.79 Å². The lowest BCUT2D eigenvalue weighted by molar-refractivity contribution is -0.131. The lowest BCUT2D eigenvalue weighted by Crippen LogP contribution is -2.49. The summed E-state index contributed by atoms with van der Waals surface area (Å²) < 4.78 is 5.19. The molecule has 2 aliphatic rings. The van der Waals surface area contributed by atoms with Crippen molar-refractivity contribution in [1.29, 1.82) is 0 Å². The van der Waals surface area contributed by atoms with Gasteiger partial charge in [0.05, 0.1) is 6.61 Å². The number of hydrogen-bond acceptors (Lipinski definition) is 5. The first kappa shape index (κ1) is 19.1. The number of nitrogens with zero attached hydrogens (tertiary/aromatic N) is 4. The van der Waals surface area contributed by atoms with E-state index < -0.39 is 0 Å². The van der Waals surface area contributed by atoms with Crippen molar-refractivity contribution < 1.29 is 9.53 Å². The van der Waals surface area contributed by atoms with Crippen LogP contribution in [0, 0.1) is 5.92 Å². The summed E-state index contributed by atoms with van der Waals surface area (Å²) in [6.07, 6.45) is 6.03. The summed E-state index contributed by atoms with van der Waals surface area (Å²) in [5.41, 5.74) is 0. The molecule has 144 valence electrons. The Morgan fingerprint density at radius 1 is 1.23 bits per heavy atom. The monoisotopic (exact) mass is 360 g/mol. The summed E-state index contributed by atoms with van der Waals surface area (Å²) in [5.74, 6) is 1.98. The Bertz CT molecular complexity index is 546. The van der Waals surface area contributed by atoms with Crippen molar-refractivity contribution in [2.45, 2.75) is 25.7 Å². The van der Waals surface area contributed by atoms with E-state index in [9.17, 15) is 4.79 Å². The molecule has 2 aliphatic heterocycles. The van der Waals surface area contributed by atoms with Crippen LogP contribution in [0.15, 0.2) is 24.4 Å². The molecule has 1 amide bonds. The minimum atomic E-state index is 0.319. The Balaban J connectivity index is 1.38. The number of amides is 1. The van der Waals surface area contributed by atoms with Crippen molar-refractivity contribution in [3.63, 3.8) is 0 Å². The number of anilines is 1. The minimum Gasteiger partial charge on any atom is -0.383 e. The molecule has 3 rings (SSSR count). The SMILES string of the molecule is COCCN1CCCC(CCC(=O)N2CCN(c3ccccn3)CC2)C1. The van der Waals surface area contributed by atoms with Gasteiger partial charge < -0.3 is 19.4 Å². The highest BCUT2D eigenvalue weighted by molar-refractivity contribution is 5.76. The van der Waals surface area contributed by atoms with Gasteiger partial charge in [0.15, 0.2) is 0 Å². The third-order valence-electron chi connectivity index (χ3n) is 5.59. The van der Waals surface area contributed by atoms with Gasteiger partial charge >= 0.3 is 0 Å². The normalized spacial score (nSPS) is 21.8. The van der Waals surface area contributed by atoms with E-state index in [1.54, 1.807) is 7.11 Å². The molecule has 1 unspecified atom stereocenters. The number of piperidine rings is 1. The number of ether oxygens (including phenoxy) is 1. The highest BCUT2D eigenvalue weighted by Gasteiger charge is 2.24. The predicted molar refractivity (Wildman–Crippen MR) is 103 cm³/mol. The smallest absolute Gasteiger partial charge is 0.222 e. The van der Waals surface area contributed by atoms with E-state index in [4.69, 9.17) is 4.74 Å². The molecule has 1 aromatic heterocycles. The number of carbonyl (C=O) groups excluding carboxylic acids is 1. The van der Waals surface area contributed by atoms with Gasteiger partial charge in [-0.05, 0) is 43.9 Å². The summed E-state index contributed by atoms with van der Waals surface area (Å²) >= 11 is 0. The second-order valence-corrected chi connectivity index (χ2v) is 7.40. The number of hydrogen-bond donors (Lipinski definition) is 0. The van der Waals surface area contributed by atoms with Crippen molar-refractivity contribution in [2.24, 2.45) is 5.92 Å². The molecule has 0 spiro atoms. The maximum Gasteiger partial charge on any atom is 0.222 e. The van der Waals surface area contributed by atoms with Crippen molar-refractivity contribution in [3.8, 4) is 0 Å². The van der Waals surface area contributed by atoms with Crippen molar-refractivity contribution in [3.05, 3.63) is 24.4 Å². The van der Waals surface area contributed by atoms with E-state index in [1.807, 2.05) is 29.3 Å². The number of methoxy groups -OCH3 is 1. The van der Waals surface area contributed by atoms with Crippen LogP contribution in [0.3, 0.4) is 0 Å². The lowest BCUT2D eigenvalue weighted by atomic mass is 9.93. The maximum absolute atomic E-state index is 12.6. The summed E-state index contributed by atoms with van der Waals surface area (Å²) in [4.78, 5) is 23.8. The zero-order chi connectivity index (χ0) is 18.2. The molecule has 6 nitrogen and oxygen atoms in total. The number of carbonyl (C=O) groups is 1. The Hall–Kier alpha value is -1.66. The molecule has 0 bridgehead atoms. The molecule has 0 saturated carbocycles. The zero-order valence-corrected chi connectivity index (χ0v) is 16.0. The van der Waals surface area contributed by atoms with Gasteiger partial charge in [-0.1, -0.05) is 6.07 Å². The molecular weight excluding hydrogens is 328 g/mol. The van der Waals surface area contributed by atoms with E-state index in [0.29, 0.717) is 18.2 Å². The fraction of sp³-hybridized carbons (Fsp3) is 0.700. The van der Waals surface area contributed by atoms with Crippen LogP contribution >= 0.6 is 0 Å². The van der Waals surface area contributed by atoms with Crippen LogP contribution in [0.5, 0.6) is 0 Å². The van der Waals surface area contributed by atoms with E-state index in [2.05, 4.69) is 14.8 Å². The van der Waals surface area contributed by atoms with Gasteiger partial charge in [-0.15, -0.1) is 0 Å². The quantitative estimate of drug-likeness (QED) is 0.743. The second-order valence-electron chi connectivity index (χ2n) is 7.40. The molecule has 1 atom stereocenters. The number of pyridine rings is 1. The van der Waals surface area contributed by atoms with Crippen LogP contribution in [0.1, 0.15) is 25.7 Å². The third-order valence-corrected chi connectivity index (χ3v) is 5.59. The number of aromatic nitrogens is 1. The molecule has 26 heavy (non-hydrogen) atoms. The van der Waals surface area contributed by atoms with Crippen LogP contribution in [-0.4, -0.2) is 80.2 Å². The van der Waals surface area contributed by atoms with E-state index >= 15 is 0 Å². The van der Waals surface area contributed by atoms with Gasteiger partial charge in [0.25, 0.3) is 0 Å². The summed E-state index contributed by atoms with van der Waals surface area (Å²) in [6.45, 7) is 7.45. The molecule has 3 heterocycles. The Kier molecular flexibility index (Phi) is 7.26. The first-order valence-corrected chi connectivity index (χ1v) is 9.91. The van der Waals surface area contributed by atoms with Crippen molar-refractivity contribution in [1.82, 2.24) is 14.8 Å². The van der Waals surface area contributed by atoms with E-state index in [1.165, 1.54) is 19.4 Å². The molecule has 0 radical (unpaired) electrons. The van der Waals surface area contributed by atoms with Gasteiger partial charge in [0.1, 0.15) is 5.82 Å². The third kappa shape index (κ3) is 5.42. The topological polar surface area (TPSA) is 48.9 Å². The Morgan fingerprint density at radius 3 is 2.81 bits per heavy atom. The molecule has 0 aromatic carbocycles. The van der Waals surface area contributed by atoms with Gasteiger partial charge in [0, 0.05) is 59.0 Å². The van der Waals surface area contributed by atoms with Crippen LogP contribution in [-0.2, 0) is 9.53 Å². The average molecular weight is 361 g/mol. The fourth-order valence-corrected chi connectivity index (χ4v) is 4.02. The predicted octanol–water partition coefficient (Wildman–Crippen LogP) is 1.87. The second kappa shape index (κ2) is 9.88. The van der Waals surface area contributed by atoms with E-state index in [-0.39, 0.29) is 0 Å². The first-order valence-electron chi connectivity index (χ1n) is 9.91. The van der Waals surface area contributed by atoms with Gasteiger partial charge in [-0.2, -0.15) is 0 Å². The molecule has 6 heteroatoms. The molecular formula is C20H32N4O2. The number of likely N-dealkylation sites (tertiary alicyclic amines) is 1. The summed E-state index contributed by atoms with van der Waals surface area (Å²) in [5, 5.41) is 0. The number of rotatable bonds is 7. The zero-order valence-electron chi connectivity index (χ0n) is 16.0. The maximum atomic E-state index is 12.6. The number of piperazine rings is 1. The van der Waals surface area contributed by atoms with Crippen molar-refractivity contribution >= 4 is 11.7 Å². The summed E-state index contributed by atoms with van der Waals surface area (Å²) in [6, 6.07) is 5.99. The first-order chi connectivity index (χ1) is 12.8. The molecule has 0 aliphatic carbocycles. The fourth-order valence-electron chi connectivity index (χ4n) is 4.02. The van der Waals surface area contributed by atoms with Crippen LogP contribution in [0.4, 0.5) is 5.82 Å². The van der Waals surface area contributed by atoms with Gasteiger partial charge in [-0.25, -0.2) is 4.98 Å². The van der Waals surface area contributed by atoms with Crippen molar-refractivity contribution in [2.75, 3.05) is 64.4 Å². The molecule has 1 aromatic rings. The van der Waals surface area contributed by atoms with Crippen LogP contribution in [0.25, 0.3) is 0 Å². The largest absolute Gasteiger partial charge is 0.383 e. The van der Waals surface area contributed by atoms with Crippen LogP contribution in [0.2, 0.25) is 0 Å². The summed E-state index contributed by atoms with van der Waals surface area (Å²) in [7, 11) is 1.76. The molecule has 0 N–H and O–H groups in total. The Morgan fingerprint density at radius 2 is 2.08 bits per heavy atom. The highest BCUT2D eigenvalue weighted by atomic mass is 16.5. The lowest BCUT2D eigenvalue weighted by Gasteiger charge is -2.36. The Labute approximate surface area is 157 Å². The minimum absolute atomic E-state index is 0.319. The average Bonchev–Trinajstić information content (AvgIpc) is 2.71. The highest BCUT2D eigenvalue weighted by Crippen LogP contribution is 2.22. The standard InChI is InChI=1S/C20H32N4O2/c1-26-16-15-22-10-4-5-18(17-22)7-8-20(25)24-13-11-23(12-14-24)19-6-2-3-9-21-19/h2-3,6,9,18H,4-5,7-8,10-17H2,1H3.